The minimum absolute atomic E-state index is 0.342. The minimum atomic E-state index is 0.342. The molecule has 0 saturated carbocycles. The number of guanidine groups is 1. The number of methoxy groups -OCH3 is 1. The van der Waals surface area contributed by atoms with Crippen LogP contribution >= 0.6 is 0 Å². The van der Waals surface area contributed by atoms with Crippen LogP contribution in [0.5, 0.6) is 5.75 Å². The average molecular weight is 512 g/mol. The number of para-hydroxylation sites is 2. The first-order valence-corrected chi connectivity index (χ1v) is 13.4. The van der Waals surface area contributed by atoms with Gasteiger partial charge in [-0.25, -0.2) is 4.90 Å². The number of ether oxygens (including phenoxy) is 1. The molecule has 7 heteroatoms. The number of piperazine rings is 1. The summed E-state index contributed by atoms with van der Waals surface area (Å²) in [5, 5.41) is 1.01. The summed E-state index contributed by atoms with van der Waals surface area (Å²) < 4.78 is 11.9. The molecule has 1 aromatic heterocycles. The number of nitrogens with zero attached hydrogens (tertiary/aromatic N) is 4. The highest BCUT2D eigenvalue weighted by Crippen LogP contribution is 2.37. The van der Waals surface area contributed by atoms with Crippen LogP contribution in [0.3, 0.4) is 0 Å². The summed E-state index contributed by atoms with van der Waals surface area (Å²) in [6.45, 7) is 5.54. The number of hydrogen-bond acceptors (Lipinski definition) is 5. The van der Waals surface area contributed by atoms with E-state index in [1.807, 2.05) is 41.3 Å². The number of nitrogens with two attached hydrogens (primary N) is 1. The van der Waals surface area contributed by atoms with Crippen LogP contribution in [-0.4, -0.2) is 57.7 Å². The van der Waals surface area contributed by atoms with Crippen LogP contribution in [-0.2, 0) is 6.42 Å². The summed E-state index contributed by atoms with van der Waals surface area (Å²) >= 11 is 0. The predicted octanol–water partition coefficient (Wildman–Crippen LogP) is 5.67. The quantitative estimate of drug-likeness (QED) is 0.177. The summed E-state index contributed by atoms with van der Waals surface area (Å²) in [6, 6.07) is 26.9. The van der Waals surface area contributed by atoms with Crippen molar-refractivity contribution in [3.8, 4) is 5.75 Å². The topological polar surface area (TPSA) is 70.5 Å². The monoisotopic (exact) mass is 511 g/mol. The number of benzene rings is 3. The molecule has 3 aromatic carbocycles. The molecule has 1 fully saturated rings. The lowest BCUT2D eigenvalue weighted by Gasteiger charge is -2.36. The summed E-state index contributed by atoms with van der Waals surface area (Å²) in [5.41, 5.74) is 10.6. The lowest BCUT2D eigenvalue weighted by molar-refractivity contribution is 0.253. The zero-order chi connectivity index (χ0) is 26.3. The van der Waals surface area contributed by atoms with Crippen molar-refractivity contribution < 1.29 is 9.15 Å². The van der Waals surface area contributed by atoms with E-state index in [0.717, 1.165) is 68.0 Å². The summed E-state index contributed by atoms with van der Waals surface area (Å²) in [4.78, 5) is 11.2. The van der Waals surface area contributed by atoms with Gasteiger partial charge in [0, 0.05) is 50.4 Å². The number of furan rings is 1. The average Bonchev–Trinajstić information content (AvgIpc) is 3.40. The van der Waals surface area contributed by atoms with Gasteiger partial charge in [-0.1, -0.05) is 42.5 Å². The number of aliphatic imine (C=N–C) groups is 1. The SMILES string of the molecule is CN=C(N)N(c1cc2ccccc2o1)c1cc(CCCCN2CCN(c3ccccc3)CC2)ccc1OC. The largest absolute Gasteiger partial charge is 0.495 e. The fraction of sp³-hybridized carbons (Fsp3) is 0.323. The zero-order valence-corrected chi connectivity index (χ0v) is 22.3. The van der Waals surface area contributed by atoms with E-state index in [-0.39, 0.29) is 0 Å². The Hall–Kier alpha value is -3.97. The third-order valence-electron chi connectivity index (χ3n) is 7.26. The van der Waals surface area contributed by atoms with E-state index in [2.05, 4.69) is 57.3 Å². The van der Waals surface area contributed by atoms with Crippen LogP contribution in [0.15, 0.2) is 88.3 Å². The molecule has 0 amide bonds. The van der Waals surface area contributed by atoms with Crippen molar-refractivity contribution in [1.29, 1.82) is 0 Å². The Morgan fingerprint density at radius 1 is 0.947 bits per heavy atom. The van der Waals surface area contributed by atoms with Crippen molar-refractivity contribution in [3.05, 3.63) is 84.4 Å². The number of hydrogen-bond donors (Lipinski definition) is 1. The molecule has 0 atom stereocenters. The maximum Gasteiger partial charge on any atom is 0.208 e. The van der Waals surface area contributed by atoms with Gasteiger partial charge in [-0.05, 0) is 61.7 Å². The van der Waals surface area contributed by atoms with Gasteiger partial charge in [-0.3, -0.25) is 9.89 Å². The molecule has 0 bridgehead atoms. The zero-order valence-electron chi connectivity index (χ0n) is 22.3. The van der Waals surface area contributed by atoms with Gasteiger partial charge < -0.3 is 19.8 Å². The molecule has 198 valence electrons. The van der Waals surface area contributed by atoms with Gasteiger partial charge in [-0.15, -0.1) is 0 Å². The fourth-order valence-corrected chi connectivity index (χ4v) is 5.13. The molecule has 0 aliphatic carbocycles. The highest BCUT2D eigenvalue weighted by molar-refractivity contribution is 6.03. The molecule has 1 saturated heterocycles. The Kier molecular flexibility index (Phi) is 8.14. The molecule has 5 rings (SSSR count). The lowest BCUT2D eigenvalue weighted by Crippen LogP contribution is -2.46. The van der Waals surface area contributed by atoms with E-state index < -0.39 is 0 Å². The number of aryl methyl sites for hydroxylation is 1. The summed E-state index contributed by atoms with van der Waals surface area (Å²) in [7, 11) is 3.35. The lowest BCUT2D eigenvalue weighted by atomic mass is 10.1. The molecule has 38 heavy (non-hydrogen) atoms. The van der Waals surface area contributed by atoms with Crippen LogP contribution < -0.4 is 20.3 Å². The molecule has 0 unspecified atom stereocenters. The van der Waals surface area contributed by atoms with Crippen LogP contribution in [0.2, 0.25) is 0 Å². The van der Waals surface area contributed by atoms with E-state index in [1.165, 1.54) is 17.7 Å². The standard InChI is InChI=1S/C31H37N5O2/c1-33-31(32)36(30-23-25-11-6-7-14-28(25)38-30)27-22-24(15-16-29(27)37-2)10-8-9-17-34-18-20-35(21-19-34)26-12-4-3-5-13-26/h3-7,11-16,22-23H,8-10,17-21H2,1-2H3,(H2,32,33). The van der Waals surface area contributed by atoms with E-state index in [0.29, 0.717) is 11.8 Å². The van der Waals surface area contributed by atoms with Crippen molar-refractivity contribution in [2.24, 2.45) is 10.7 Å². The molecule has 7 nitrogen and oxygen atoms in total. The number of rotatable bonds is 9. The molecule has 2 N–H and O–H groups in total. The minimum Gasteiger partial charge on any atom is -0.495 e. The second-order valence-corrected chi connectivity index (χ2v) is 9.67. The van der Waals surface area contributed by atoms with Gasteiger partial charge in [0.25, 0.3) is 0 Å². The number of unbranched alkanes of at least 4 members (excludes halogenated alkanes) is 1. The van der Waals surface area contributed by atoms with Crippen LogP contribution in [0, 0.1) is 0 Å². The molecule has 1 aliphatic heterocycles. The smallest absolute Gasteiger partial charge is 0.208 e. The molecule has 0 spiro atoms. The first-order chi connectivity index (χ1) is 18.7. The third-order valence-corrected chi connectivity index (χ3v) is 7.26. The Bertz CT molecular complexity index is 1330. The molecule has 2 heterocycles. The molecule has 0 radical (unpaired) electrons. The Labute approximate surface area is 225 Å². The first-order valence-electron chi connectivity index (χ1n) is 13.4. The van der Waals surface area contributed by atoms with E-state index in [4.69, 9.17) is 14.9 Å². The highest BCUT2D eigenvalue weighted by Gasteiger charge is 2.22. The first kappa shape index (κ1) is 25.7. The number of anilines is 3. The van der Waals surface area contributed by atoms with Gasteiger partial charge in [0.1, 0.15) is 11.3 Å². The van der Waals surface area contributed by atoms with Gasteiger partial charge in [0.05, 0.1) is 12.8 Å². The molecule has 1 aliphatic rings. The van der Waals surface area contributed by atoms with E-state index in [1.54, 1.807) is 14.2 Å². The van der Waals surface area contributed by atoms with Crippen LogP contribution in [0.25, 0.3) is 11.0 Å². The predicted molar refractivity (Wildman–Crippen MR) is 157 cm³/mol. The van der Waals surface area contributed by atoms with Gasteiger partial charge in [0.15, 0.2) is 0 Å². The molecule has 4 aromatic rings. The molecular formula is C31H37N5O2. The third kappa shape index (κ3) is 5.78. The van der Waals surface area contributed by atoms with Gasteiger partial charge in [0.2, 0.25) is 11.8 Å². The van der Waals surface area contributed by atoms with Crippen molar-refractivity contribution >= 4 is 34.2 Å². The summed E-state index contributed by atoms with van der Waals surface area (Å²) in [6.07, 6.45) is 3.27. The van der Waals surface area contributed by atoms with E-state index >= 15 is 0 Å². The Morgan fingerprint density at radius 2 is 1.71 bits per heavy atom. The van der Waals surface area contributed by atoms with Crippen LogP contribution in [0.4, 0.5) is 17.3 Å². The van der Waals surface area contributed by atoms with Gasteiger partial charge in [-0.2, -0.15) is 0 Å². The highest BCUT2D eigenvalue weighted by atomic mass is 16.5. The number of fused-ring (bicyclic) bond motifs is 1. The van der Waals surface area contributed by atoms with Crippen molar-refractivity contribution in [3.63, 3.8) is 0 Å². The van der Waals surface area contributed by atoms with Crippen molar-refractivity contribution in [2.45, 2.75) is 19.3 Å². The van der Waals surface area contributed by atoms with Gasteiger partial charge >= 0.3 is 0 Å². The Balaban J connectivity index is 1.22. The fourth-order valence-electron chi connectivity index (χ4n) is 5.13. The Morgan fingerprint density at radius 3 is 2.45 bits per heavy atom. The maximum absolute atomic E-state index is 6.38. The summed E-state index contributed by atoms with van der Waals surface area (Å²) in [5.74, 6) is 1.67. The molecular weight excluding hydrogens is 474 g/mol. The maximum atomic E-state index is 6.38. The second kappa shape index (κ2) is 12.0. The van der Waals surface area contributed by atoms with Crippen LogP contribution in [0.1, 0.15) is 18.4 Å². The van der Waals surface area contributed by atoms with Crippen molar-refractivity contribution in [2.75, 3.05) is 56.7 Å². The normalized spacial score (nSPS) is 14.7. The second-order valence-electron chi connectivity index (χ2n) is 9.67. The van der Waals surface area contributed by atoms with Crippen molar-refractivity contribution in [1.82, 2.24) is 4.90 Å². The van der Waals surface area contributed by atoms with E-state index in [9.17, 15) is 0 Å².